The summed E-state index contributed by atoms with van der Waals surface area (Å²) in [6, 6.07) is 0.478. The molecular formula is C47H91N3O5S6. The zero-order valence-corrected chi connectivity index (χ0v) is 46.2. The minimum absolute atomic E-state index is 0.101. The molecular weight excluding hydrogens is 879 g/mol. The zero-order valence-electron chi connectivity index (χ0n) is 41.3. The second-order valence-corrected chi connectivity index (χ2v) is 21.1. The van der Waals surface area contributed by atoms with E-state index in [9.17, 15) is 14.4 Å². The predicted molar refractivity (Wildman–Crippen MR) is 291 cm³/mol. The van der Waals surface area contributed by atoms with Crippen molar-refractivity contribution in [3.63, 3.8) is 0 Å². The number of carbonyl (C=O) groups is 3. The van der Waals surface area contributed by atoms with Crippen LogP contribution in [0.4, 0.5) is 4.79 Å². The molecule has 0 N–H and O–H groups in total. The van der Waals surface area contributed by atoms with E-state index in [1.165, 1.54) is 29.7 Å². The number of amides is 3. The molecule has 0 aromatic heterocycles. The van der Waals surface area contributed by atoms with Crippen LogP contribution in [-0.4, -0.2) is 126 Å². The quantitative estimate of drug-likeness (QED) is 0.0739. The van der Waals surface area contributed by atoms with E-state index < -0.39 is 0 Å². The van der Waals surface area contributed by atoms with Gasteiger partial charge in [-0.25, -0.2) is 4.79 Å². The van der Waals surface area contributed by atoms with Crippen LogP contribution in [0.15, 0.2) is 71.9 Å². The highest BCUT2D eigenvalue weighted by Crippen LogP contribution is 2.09. The van der Waals surface area contributed by atoms with Crippen molar-refractivity contribution in [2.75, 3.05) is 75.4 Å². The highest BCUT2D eigenvalue weighted by atomic mass is 32.2. The number of nitrogens with zero attached hydrogens (tertiary/aromatic N) is 3. The van der Waals surface area contributed by atoms with Crippen LogP contribution < -0.4 is 0 Å². The van der Waals surface area contributed by atoms with Crippen molar-refractivity contribution in [2.45, 2.75) is 114 Å². The van der Waals surface area contributed by atoms with E-state index in [0.29, 0.717) is 25.2 Å². The molecule has 61 heavy (non-hydrogen) atoms. The Morgan fingerprint density at radius 1 is 0.541 bits per heavy atom. The molecule has 0 saturated heterocycles. The normalized spacial score (nSPS) is 9.92. The van der Waals surface area contributed by atoms with Crippen molar-refractivity contribution in [3.8, 4) is 0 Å². The maximum absolute atomic E-state index is 11.3. The van der Waals surface area contributed by atoms with Gasteiger partial charge in [0, 0.05) is 75.1 Å². The summed E-state index contributed by atoms with van der Waals surface area (Å²) in [5.41, 5.74) is 0. The number of thioether (sulfide) groups is 6. The van der Waals surface area contributed by atoms with E-state index >= 15 is 0 Å². The Morgan fingerprint density at radius 3 is 1.34 bits per heavy atom. The van der Waals surface area contributed by atoms with E-state index in [4.69, 9.17) is 9.47 Å². The van der Waals surface area contributed by atoms with Gasteiger partial charge in [0.1, 0.15) is 6.61 Å². The third-order valence-corrected chi connectivity index (χ3v) is 11.5. The Morgan fingerprint density at radius 2 is 0.967 bits per heavy atom. The fourth-order valence-corrected chi connectivity index (χ4v) is 6.16. The van der Waals surface area contributed by atoms with Gasteiger partial charge in [0.15, 0.2) is 0 Å². The first-order valence-electron chi connectivity index (χ1n) is 21.0. The van der Waals surface area contributed by atoms with Crippen LogP contribution in [0.2, 0.25) is 0 Å². The van der Waals surface area contributed by atoms with Crippen molar-refractivity contribution in [1.82, 2.24) is 14.7 Å². The third kappa shape index (κ3) is 65.5. The number of rotatable bonds is 27. The van der Waals surface area contributed by atoms with Gasteiger partial charge in [0.25, 0.3) is 0 Å². The molecule has 0 aliphatic heterocycles. The van der Waals surface area contributed by atoms with Gasteiger partial charge in [-0.05, 0) is 104 Å². The van der Waals surface area contributed by atoms with Crippen molar-refractivity contribution in [1.29, 1.82) is 0 Å². The van der Waals surface area contributed by atoms with Gasteiger partial charge >= 0.3 is 6.09 Å². The topological polar surface area (TPSA) is 79.4 Å². The maximum Gasteiger partial charge on any atom is 0.409 e. The van der Waals surface area contributed by atoms with Crippen molar-refractivity contribution in [2.24, 2.45) is 17.8 Å². The molecule has 0 heterocycles. The summed E-state index contributed by atoms with van der Waals surface area (Å²) < 4.78 is 10.3. The van der Waals surface area contributed by atoms with Crippen LogP contribution in [0.1, 0.15) is 95.9 Å². The molecule has 0 rings (SSSR count). The van der Waals surface area contributed by atoms with Gasteiger partial charge < -0.3 is 24.2 Å². The van der Waals surface area contributed by atoms with E-state index in [1.807, 2.05) is 85.7 Å². The molecule has 360 valence electrons. The van der Waals surface area contributed by atoms with Crippen LogP contribution >= 0.6 is 70.6 Å². The summed E-state index contributed by atoms with van der Waals surface area (Å²) in [7, 11) is 5.41. The second-order valence-electron chi connectivity index (χ2n) is 14.8. The van der Waals surface area contributed by atoms with Crippen molar-refractivity contribution < 1.29 is 23.9 Å². The van der Waals surface area contributed by atoms with Crippen molar-refractivity contribution in [3.05, 3.63) is 71.9 Å². The van der Waals surface area contributed by atoms with Crippen LogP contribution in [0.3, 0.4) is 0 Å². The number of hydrogen-bond acceptors (Lipinski definition) is 11. The molecule has 0 bridgehead atoms. The van der Waals surface area contributed by atoms with E-state index in [2.05, 4.69) is 67.2 Å². The molecule has 0 aliphatic carbocycles. The molecule has 0 radical (unpaired) electrons. The lowest BCUT2D eigenvalue weighted by molar-refractivity contribution is -0.133. The minimum atomic E-state index is -0.264. The molecule has 0 fully saturated rings. The van der Waals surface area contributed by atoms with E-state index in [0.717, 1.165) is 48.0 Å². The van der Waals surface area contributed by atoms with E-state index in [-0.39, 0.29) is 29.9 Å². The first-order chi connectivity index (χ1) is 28.6. The third-order valence-electron chi connectivity index (χ3n) is 7.11. The monoisotopic (exact) mass is 970 g/mol. The summed E-state index contributed by atoms with van der Waals surface area (Å²) in [4.78, 5) is 39.0. The van der Waals surface area contributed by atoms with Gasteiger partial charge in [-0.3, -0.25) is 9.59 Å². The number of carbonyl (C=O) groups excluding carboxylic acids is 3. The van der Waals surface area contributed by atoms with Gasteiger partial charge in [-0.1, -0.05) is 81.0 Å². The second kappa shape index (κ2) is 54.8. The molecule has 0 aromatic rings. The molecule has 0 unspecified atom stereocenters. The fraction of sp³-hybridized carbons (Fsp3) is 0.681. The first kappa shape index (κ1) is 71.3. The van der Waals surface area contributed by atoms with Gasteiger partial charge in [0.2, 0.25) is 11.8 Å². The molecule has 0 atom stereocenters. The fourth-order valence-electron chi connectivity index (χ4n) is 3.15. The molecule has 8 nitrogen and oxygen atoms in total. The number of ether oxygens (including phenoxy) is 2. The standard InChI is InChI=1S/C9H17NO2S.2C9H17NOS.C7H14OS.C7H14S.C6H12S/c1-5-13-7-6-12-9(11)10(4)8(2)3;1-5-12-7-6-10(4)9(11)8(2)3;1-5-12-7-6-9(11)10(4)8(2)3;1-4-9-6-5-8-7(2)3;1-4-8-6-5-7(2)3;1-4-7-5-6(2)3/h5,8H,1,6-7H2,2-4H3;2*5,8H,1,6-7H2,2-4H3;4,7H,1,5-6H2,2-3H3;4,7H,1,5-6H2,2-3H3;4,6H,1,5H2,2-3H3. The number of hydrogen-bond donors (Lipinski definition) is 0. The Balaban J connectivity index is -0.000000151. The van der Waals surface area contributed by atoms with Gasteiger partial charge in [-0.15, -0.1) is 70.6 Å². The zero-order chi connectivity index (χ0) is 48.6. The minimum Gasteiger partial charge on any atom is -0.449 e. The SMILES string of the molecule is C=CSCC(C)C.C=CSCCC(=O)N(C)C(C)C.C=CSCCC(C)C.C=CSCCN(C)C(=O)C(C)C.C=CSCCOC(=O)N(C)C(C)C.C=CSCCOC(C)C. The first-order valence-corrected chi connectivity index (χ1v) is 27.2. The molecule has 0 saturated carbocycles. The summed E-state index contributed by atoms with van der Waals surface area (Å²) in [5.74, 6) is 8.11. The smallest absolute Gasteiger partial charge is 0.409 e. The summed E-state index contributed by atoms with van der Waals surface area (Å²) in [6.45, 7) is 48.3. The highest BCUT2D eigenvalue weighted by molar-refractivity contribution is 8.03. The lowest BCUT2D eigenvalue weighted by Crippen LogP contribution is -2.33. The van der Waals surface area contributed by atoms with Crippen LogP contribution in [-0.2, 0) is 19.1 Å². The van der Waals surface area contributed by atoms with E-state index in [1.54, 1.807) is 96.8 Å². The summed E-state index contributed by atoms with van der Waals surface area (Å²) in [6.07, 6.45) is 2.00. The lowest BCUT2D eigenvalue weighted by atomic mass is 10.2. The Labute approximate surface area is 403 Å². The molecule has 0 spiro atoms. The van der Waals surface area contributed by atoms with Crippen LogP contribution in [0, 0.1) is 17.8 Å². The van der Waals surface area contributed by atoms with Gasteiger partial charge in [-0.2, -0.15) is 0 Å². The van der Waals surface area contributed by atoms with Crippen molar-refractivity contribution >= 4 is 88.5 Å². The largest absolute Gasteiger partial charge is 0.449 e. The average molecular weight is 971 g/mol. The molecule has 0 aromatic carbocycles. The summed E-state index contributed by atoms with van der Waals surface area (Å²) in [5, 5.41) is 10.9. The Bertz CT molecular complexity index is 1080. The molecule has 3 amide bonds. The Hall–Kier alpha value is -1.29. The Kier molecular flexibility index (Phi) is 64.1. The maximum atomic E-state index is 11.3. The molecule has 14 heteroatoms. The predicted octanol–water partition coefficient (Wildman–Crippen LogP) is 14.2. The molecule has 0 aliphatic rings. The average Bonchev–Trinajstić information content (AvgIpc) is 3.20. The van der Waals surface area contributed by atoms with Crippen LogP contribution in [0.5, 0.6) is 0 Å². The summed E-state index contributed by atoms with van der Waals surface area (Å²) >= 11 is 10.0. The lowest BCUT2D eigenvalue weighted by Gasteiger charge is -2.21. The highest BCUT2D eigenvalue weighted by Gasteiger charge is 2.13. The van der Waals surface area contributed by atoms with Gasteiger partial charge in [0.05, 0.1) is 12.7 Å². The van der Waals surface area contributed by atoms with Crippen LogP contribution in [0.25, 0.3) is 0 Å².